The first-order valence-electron chi connectivity index (χ1n) is 9.04. The summed E-state index contributed by atoms with van der Waals surface area (Å²) < 4.78 is 31.5. The molecule has 0 saturated heterocycles. The minimum Gasteiger partial charge on any atom is -0.495 e. The summed E-state index contributed by atoms with van der Waals surface area (Å²) in [6, 6.07) is 4.76. The van der Waals surface area contributed by atoms with Crippen LogP contribution in [0.2, 0.25) is 0 Å². The van der Waals surface area contributed by atoms with Crippen molar-refractivity contribution >= 4 is 22.0 Å². The lowest BCUT2D eigenvalue weighted by Gasteiger charge is -2.09. The third-order valence-electron chi connectivity index (χ3n) is 4.74. The van der Waals surface area contributed by atoms with Gasteiger partial charge in [-0.2, -0.15) is 0 Å². The fraction of sp³-hybridized carbons (Fsp3) is 0.526. The summed E-state index contributed by atoms with van der Waals surface area (Å²) >= 11 is 0. The van der Waals surface area contributed by atoms with Gasteiger partial charge in [0, 0.05) is 12.6 Å². The van der Waals surface area contributed by atoms with Gasteiger partial charge in [-0.25, -0.2) is 13.1 Å². The molecule has 1 aliphatic carbocycles. The van der Waals surface area contributed by atoms with Crippen molar-refractivity contribution in [2.45, 2.75) is 43.4 Å². The molecule has 0 heterocycles. The van der Waals surface area contributed by atoms with Gasteiger partial charge in [0.15, 0.2) is 0 Å². The summed E-state index contributed by atoms with van der Waals surface area (Å²) in [4.78, 5) is 12.0. The van der Waals surface area contributed by atoms with E-state index in [2.05, 4.69) is 10.0 Å². The topological polar surface area (TPSA) is 84.5 Å². The maximum atomic E-state index is 12.1. The molecule has 0 unspecified atom stereocenters. The number of hydrogen-bond acceptors (Lipinski definition) is 4. The molecule has 26 heavy (non-hydrogen) atoms. The first-order valence-corrected chi connectivity index (χ1v) is 10.5. The van der Waals surface area contributed by atoms with Gasteiger partial charge in [0.25, 0.3) is 0 Å². The number of sulfonamides is 1. The van der Waals surface area contributed by atoms with Crippen LogP contribution in [-0.4, -0.2) is 35.0 Å². The molecule has 2 rings (SSSR count). The second kappa shape index (κ2) is 9.73. The molecular weight excluding hydrogens is 352 g/mol. The van der Waals surface area contributed by atoms with Crippen LogP contribution in [0.25, 0.3) is 6.08 Å². The standard InChI is InChI=1S/C19H28N2O4S/c1-20-26(23,24)18-14-16(9-11-17(18)25-2)10-12-19(22)21-13-5-8-15-6-3-4-7-15/h9-12,14-15,20H,3-8,13H2,1-2H3,(H,21,22)/b12-10+. The summed E-state index contributed by atoms with van der Waals surface area (Å²) in [6.45, 7) is 0.668. The van der Waals surface area contributed by atoms with Crippen molar-refractivity contribution in [3.8, 4) is 5.75 Å². The zero-order valence-electron chi connectivity index (χ0n) is 15.5. The lowest BCUT2D eigenvalue weighted by Crippen LogP contribution is -2.22. The van der Waals surface area contributed by atoms with E-state index in [1.54, 1.807) is 18.2 Å². The van der Waals surface area contributed by atoms with Gasteiger partial charge < -0.3 is 10.1 Å². The van der Waals surface area contributed by atoms with E-state index in [1.165, 1.54) is 58.4 Å². The van der Waals surface area contributed by atoms with Crippen LogP contribution in [0.15, 0.2) is 29.2 Å². The first kappa shape index (κ1) is 20.5. The number of carbonyl (C=O) groups excluding carboxylic acids is 1. The Morgan fingerprint density at radius 2 is 2.04 bits per heavy atom. The third-order valence-corrected chi connectivity index (χ3v) is 6.17. The number of carbonyl (C=O) groups is 1. The first-order chi connectivity index (χ1) is 12.5. The Balaban J connectivity index is 1.90. The highest BCUT2D eigenvalue weighted by Crippen LogP contribution is 2.28. The Morgan fingerprint density at radius 3 is 2.69 bits per heavy atom. The van der Waals surface area contributed by atoms with E-state index in [1.807, 2.05) is 0 Å². The molecule has 0 aromatic heterocycles. The minimum absolute atomic E-state index is 0.0432. The summed E-state index contributed by atoms with van der Waals surface area (Å²) in [5, 5.41) is 2.87. The summed E-state index contributed by atoms with van der Waals surface area (Å²) in [7, 11) is -0.878. The number of nitrogens with one attached hydrogen (secondary N) is 2. The van der Waals surface area contributed by atoms with Crippen molar-refractivity contribution in [3.63, 3.8) is 0 Å². The molecule has 1 aliphatic rings. The third kappa shape index (κ3) is 5.85. The second-order valence-electron chi connectivity index (χ2n) is 6.53. The van der Waals surface area contributed by atoms with Gasteiger partial charge >= 0.3 is 0 Å². The van der Waals surface area contributed by atoms with Crippen molar-refractivity contribution in [3.05, 3.63) is 29.8 Å². The van der Waals surface area contributed by atoms with E-state index in [0.29, 0.717) is 12.1 Å². The number of hydrogen-bond donors (Lipinski definition) is 2. The van der Waals surface area contributed by atoms with Crippen LogP contribution in [-0.2, 0) is 14.8 Å². The lowest BCUT2D eigenvalue weighted by atomic mass is 10.0. The summed E-state index contributed by atoms with van der Waals surface area (Å²) in [5.41, 5.74) is 0.612. The monoisotopic (exact) mass is 380 g/mol. The fourth-order valence-electron chi connectivity index (χ4n) is 3.25. The van der Waals surface area contributed by atoms with Gasteiger partial charge in [-0.1, -0.05) is 31.7 Å². The smallest absolute Gasteiger partial charge is 0.244 e. The maximum Gasteiger partial charge on any atom is 0.244 e. The molecule has 0 aliphatic heterocycles. The van der Waals surface area contributed by atoms with Gasteiger partial charge in [0.1, 0.15) is 10.6 Å². The predicted molar refractivity (Wildman–Crippen MR) is 102 cm³/mol. The normalized spacial score (nSPS) is 15.5. The molecule has 1 saturated carbocycles. The Labute approximate surface area is 156 Å². The number of ether oxygens (including phenoxy) is 1. The van der Waals surface area contributed by atoms with Crippen LogP contribution in [0.3, 0.4) is 0 Å². The predicted octanol–water partition coefficient (Wildman–Crippen LogP) is 2.70. The quantitative estimate of drug-likeness (QED) is 0.510. The molecule has 0 spiro atoms. The lowest BCUT2D eigenvalue weighted by molar-refractivity contribution is -0.116. The molecule has 7 heteroatoms. The molecule has 0 atom stereocenters. The van der Waals surface area contributed by atoms with E-state index >= 15 is 0 Å². The average Bonchev–Trinajstić information content (AvgIpc) is 3.16. The minimum atomic E-state index is -3.64. The molecule has 6 nitrogen and oxygen atoms in total. The molecule has 144 valence electrons. The Bertz CT molecular complexity index is 738. The Kier molecular flexibility index (Phi) is 7.66. The zero-order chi connectivity index (χ0) is 19.0. The van der Waals surface area contributed by atoms with Gasteiger partial charge in [-0.15, -0.1) is 0 Å². The highest BCUT2D eigenvalue weighted by atomic mass is 32.2. The Hall–Kier alpha value is -1.86. The van der Waals surface area contributed by atoms with Crippen LogP contribution in [0, 0.1) is 5.92 Å². The van der Waals surface area contributed by atoms with E-state index in [9.17, 15) is 13.2 Å². The molecule has 1 aromatic rings. The van der Waals surface area contributed by atoms with Crippen LogP contribution in [0.5, 0.6) is 5.75 Å². The van der Waals surface area contributed by atoms with Crippen molar-refractivity contribution in [1.82, 2.24) is 10.0 Å². The van der Waals surface area contributed by atoms with Crippen LogP contribution in [0.1, 0.15) is 44.1 Å². The fourth-order valence-corrected chi connectivity index (χ4v) is 4.18. The number of methoxy groups -OCH3 is 1. The van der Waals surface area contributed by atoms with Gasteiger partial charge in [0.2, 0.25) is 15.9 Å². The highest BCUT2D eigenvalue weighted by Gasteiger charge is 2.17. The van der Waals surface area contributed by atoms with Crippen LogP contribution in [0.4, 0.5) is 0 Å². The highest BCUT2D eigenvalue weighted by molar-refractivity contribution is 7.89. The number of amides is 1. The van der Waals surface area contributed by atoms with Crippen molar-refractivity contribution in [2.75, 3.05) is 20.7 Å². The van der Waals surface area contributed by atoms with Gasteiger partial charge in [0.05, 0.1) is 7.11 Å². The SMILES string of the molecule is CNS(=O)(=O)c1cc(/C=C/C(=O)NCCCC2CCCC2)ccc1OC. The number of rotatable bonds is 9. The molecule has 1 aromatic carbocycles. The van der Waals surface area contributed by atoms with E-state index in [0.717, 1.165) is 12.3 Å². The van der Waals surface area contributed by atoms with Crippen LogP contribution < -0.4 is 14.8 Å². The summed E-state index contributed by atoms with van der Waals surface area (Å²) in [6.07, 6.45) is 10.5. The average molecular weight is 381 g/mol. The zero-order valence-corrected chi connectivity index (χ0v) is 16.3. The van der Waals surface area contributed by atoms with E-state index < -0.39 is 10.0 Å². The maximum absolute atomic E-state index is 12.1. The molecular formula is C19H28N2O4S. The van der Waals surface area contributed by atoms with Gasteiger partial charge in [-0.05, 0) is 49.6 Å². The molecule has 1 amide bonds. The van der Waals surface area contributed by atoms with E-state index in [-0.39, 0.29) is 16.6 Å². The molecule has 2 N–H and O–H groups in total. The van der Waals surface area contributed by atoms with Crippen molar-refractivity contribution in [1.29, 1.82) is 0 Å². The second-order valence-corrected chi connectivity index (χ2v) is 8.39. The van der Waals surface area contributed by atoms with Crippen molar-refractivity contribution in [2.24, 2.45) is 5.92 Å². The molecule has 0 bridgehead atoms. The summed E-state index contributed by atoms with van der Waals surface area (Å²) in [5.74, 6) is 0.910. The Morgan fingerprint density at radius 1 is 1.31 bits per heavy atom. The largest absolute Gasteiger partial charge is 0.495 e. The van der Waals surface area contributed by atoms with Gasteiger partial charge in [-0.3, -0.25) is 4.79 Å². The molecule has 0 radical (unpaired) electrons. The molecule has 1 fully saturated rings. The van der Waals surface area contributed by atoms with E-state index in [4.69, 9.17) is 4.74 Å². The van der Waals surface area contributed by atoms with Crippen molar-refractivity contribution < 1.29 is 17.9 Å². The van der Waals surface area contributed by atoms with Crippen LogP contribution >= 0.6 is 0 Å². The number of benzene rings is 1.